The van der Waals surface area contributed by atoms with Gasteiger partial charge >= 0.3 is 12.1 Å². The van der Waals surface area contributed by atoms with E-state index < -0.39 is 46.5 Å². The average molecular weight is 356 g/mol. The summed E-state index contributed by atoms with van der Waals surface area (Å²) in [5.74, 6) is -3.81. The van der Waals surface area contributed by atoms with E-state index in [-0.39, 0.29) is 5.57 Å². The highest BCUT2D eigenvalue weighted by Gasteiger charge is 2.53. The largest absolute Gasteiger partial charge is 0.481 e. The zero-order chi connectivity index (χ0) is 19.2. The summed E-state index contributed by atoms with van der Waals surface area (Å²) in [6.45, 7) is 4.31. The third-order valence-electron chi connectivity index (χ3n) is 4.84. The molecule has 0 fully saturated rings. The summed E-state index contributed by atoms with van der Waals surface area (Å²) in [5.41, 5.74) is -3.25. The number of allylic oxidation sites excluding steroid dienone is 2. The number of carboxylic acids is 1. The van der Waals surface area contributed by atoms with Crippen molar-refractivity contribution in [2.75, 3.05) is 0 Å². The summed E-state index contributed by atoms with van der Waals surface area (Å²) in [7, 11) is 0. The van der Waals surface area contributed by atoms with Gasteiger partial charge in [0.1, 0.15) is 5.82 Å². The van der Waals surface area contributed by atoms with Crippen LogP contribution in [0.25, 0.3) is 0 Å². The van der Waals surface area contributed by atoms with E-state index in [4.69, 9.17) is 0 Å². The fraction of sp³-hybridized carbons (Fsp3) is 0.412. The smallest absolute Gasteiger partial charge is 0.416 e. The summed E-state index contributed by atoms with van der Waals surface area (Å²) in [5, 5.41) is 22.0. The van der Waals surface area contributed by atoms with E-state index in [0.29, 0.717) is 11.8 Å². The highest BCUT2D eigenvalue weighted by Crippen LogP contribution is 2.50. The summed E-state index contributed by atoms with van der Waals surface area (Å²) < 4.78 is 53.7. The molecular weight excluding hydrogens is 340 g/mol. The maximum Gasteiger partial charge on any atom is 0.416 e. The van der Waals surface area contributed by atoms with Crippen molar-refractivity contribution in [2.24, 2.45) is 5.41 Å². The Morgan fingerprint density at radius 2 is 2.00 bits per heavy atom. The third-order valence-corrected chi connectivity index (χ3v) is 4.84. The number of nitrogens with one attached hydrogen (secondary N) is 1. The number of benzene rings is 1. The molecular formula is C17H16F4N2O2. The Labute approximate surface area is 141 Å². The lowest BCUT2D eigenvalue weighted by Crippen LogP contribution is -2.54. The van der Waals surface area contributed by atoms with Crippen LogP contribution in [0.15, 0.2) is 29.5 Å². The molecule has 3 unspecified atom stereocenters. The van der Waals surface area contributed by atoms with Crippen molar-refractivity contribution < 1.29 is 27.5 Å². The molecule has 1 aliphatic heterocycles. The number of carboxylic acid groups (broad SMARTS) is 1. The Hall–Kier alpha value is -2.56. The minimum atomic E-state index is -4.89. The van der Waals surface area contributed by atoms with Crippen LogP contribution >= 0.6 is 0 Å². The molecule has 0 amide bonds. The first-order valence-electron chi connectivity index (χ1n) is 7.42. The Morgan fingerprint density at radius 1 is 1.40 bits per heavy atom. The van der Waals surface area contributed by atoms with Gasteiger partial charge in [0.25, 0.3) is 0 Å². The molecule has 0 aliphatic carbocycles. The topological polar surface area (TPSA) is 73.1 Å². The Kier molecular flexibility index (Phi) is 4.55. The van der Waals surface area contributed by atoms with Gasteiger partial charge < -0.3 is 10.4 Å². The lowest BCUT2D eigenvalue weighted by Gasteiger charge is -2.44. The molecule has 3 atom stereocenters. The number of hydrogen-bond acceptors (Lipinski definition) is 3. The van der Waals surface area contributed by atoms with E-state index in [1.807, 2.05) is 6.07 Å². The van der Waals surface area contributed by atoms with Gasteiger partial charge in [0, 0.05) is 17.7 Å². The van der Waals surface area contributed by atoms with E-state index in [1.165, 1.54) is 20.8 Å². The normalized spacial score (nSPS) is 26.8. The molecule has 25 heavy (non-hydrogen) atoms. The summed E-state index contributed by atoms with van der Waals surface area (Å²) in [6.07, 6.45) is -4.89. The fourth-order valence-corrected chi connectivity index (χ4v) is 3.28. The predicted octanol–water partition coefficient (Wildman–Crippen LogP) is 3.81. The van der Waals surface area contributed by atoms with E-state index in [0.717, 1.165) is 12.1 Å². The molecule has 2 rings (SSSR count). The fourth-order valence-electron chi connectivity index (χ4n) is 3.28. The minimum Gasteiger partial charge on any atom is -0.481 e. The van der Waals surface area contributed by atoms with Gasteiger partial charge in [0.15, 0.2) is 0 Å². The number of alkyl halides is 3. The third kappa shape index (κ3) is 2.95. The minimum absolute atomic E-state index is 0.111. The summed E-state index contributed by atoms with van der Waals surface area (Å²) >= 11 is 0. The number of halogens is 4. The number of aliphatic carboxylic acids is 1. The van der Waals surface area contributed by atoms with E-state index in [9.17, 15) is 32.7 Å². The van der Waals surface area contributed by atoms with Crippen molar-refractivity contribution in [3.8, 4) is 6.07 Å². The predicted molar refractivity (Wildman–Crippen MR) is 80.8 cm³/mol. The molecule has 0 bridgehead atoms. The van der Waals surface area contributed by atoms with Crippen molar-refractivity contribution in [3.05, 3.63) is 46.4 Å². The van der Waals surface area contributed by atoms with Gasteiger partial charge in [-0.15, -0.1) is 0 Å². The molecule has 0 aromatic heterocycles. The van der Waals surface area contributed by atoms with Crippen LogP contribution in [0.2, 0.25) is 0 Å². The zero-order valence-corrected chi connectivity index (χ0v) is 13.7. The Morgan fingerprint density at radius 3 is 2.48 bits per heavy atom. The lowest BCUT2D eigenvalue weighted by molar-refractivity contribution is -0.152. The second-order valence-electron chi connectivity index (χ2n) is 6.27. The van der Waals surface area contributed by atoms with Gasteiger partial charge in [0.05, 0.1) is 22.6 Å². The van der Waals surface area contributed by atoms with Gasteiger partial charge in [-0.25, -0.2) is 4.39 Å². The summed E-state index contributed by atoms with van der Waals surface area (Å²) in [6, 6.07) is 3.14. The van der Waals surface area contributed by atoms with Gasteiger partial charge in [-0.3, -0.25) is 4.79 Å². The molecule has 0 saturated carbocycles. The zero-order valence-electron chi connectivity index (χ0n) is 13.7. The first kappa shape index (κ1) is 18.8. The second kappa shape index (κ2) is 6.06. The van der Waals surface area contributed by atoms with Crippen molar-refractivity contribution in [2.45, 2.75) is 38.9 Å². The maximum atomic E-state index is 13.4. The van der Waals surface area contributed by atoms with E-state index in [1.54, 1.807) is 0 Å². The maximum absolute atomic E-state index is 13.4. The van der Waals surface area contributed by atoms with Crippen LogP contribution in [0.5, 0.6) is 0 Å². The van der Waals surface area contributed by atoms with Gasteiger partial charge in [-0.1, -0.05) is 6.07 Å². The van der Waals surface area contributed by atoms with Crippen LogP contribution in [0.3, 0.4) is 0 Å². The van der Waals surface area contributed by atoms with Crippen LogP contribution in [0, 0.1) is 22.6 Å². The van der Waals surface area contributed by atoms with Gasteiger partial charge in [0.2, 0.25) is 0 Å². The van der Waals surface area contributed by atoms with Crippen molar-refractivity contribution in [3.63, 3.8) is 0 Å². The first-order valence-corrected chi connectivity index (χ1v) is 7.42. The highest BCUT2D eigenvalue weighted by atomic mass is 19.4. The average Bonchev–Trinajstić information content (AvgIpc) is 2.49. The molecule has 4 nitrogen and oxygen atoms in total. The molecule has 0 saturated heterocycles. The van der Waals surface area contributed by atoms with Crippen LogP contribution < -0.4 is 5.32 Å². The molecule has 8 heteroatoms. The van der Waals surface area contributed by atoms with Crippen molar-refractivity contribution >= 4 is 5.97 Å². The SMILES string of the molecule is CC1=C(C#N)C(c2ccc(F)cc2C(F)(F)F)C(C)(C(=O)O)C(C)N1. The number of nitrogens with zero attached hydrogens (tertiary/aromatic N) is 1. The Bertz CT molecular complexity index is 795. The first-order chi connectivity index (χ1) is 11.4. The van der Waals surface area contributed by atoms with Crippen LogP contribution in [0.1, 0.15) is 37.8 Å². The number of hydrogen-bond donors (Lipinski definition) is 2. The number of rotatable bonds is 2. The highest BCUT2D eigenvalue weighted by molar-refractivity contribution is 5.79. The van der Waals surface area contributed by atoms with Crippen molar-refractivity contribution in [1.29, 1.82) is 5.26 Å². The number of carbonyl (C=O) groups is 1. The Balaban J connectivity index is 2.87. The molecule has 1 aromatic carbocycles. The molecule has 1 aromatic rings. The van der Waals surface area contributed by atoms with E-state index in [2.05, 4.69) is 5.32 Å². The van der Waals surface area contributed by atoms with Crippen LogP contribution in [0.4, 0.5) is 17.6 Å². The quantitative estimate of drug-likeness (QED) is 0.791. The molecule has 1 heterocycles. The molecule has 0 radical (unpaired) electrons. The van der Waals surface area contributed by atoms with Crippen molar-refractivity contribution in [1.82, 2.24) is 5.32 Å². The van der Waals surface area contributed by atoms with E-state index >= 15 is 0 Å². The van der Waals surface area contributed by atoms with Gasteiger partial charge in [-0.05, 0) is 38.5 Å². The molecule has 0 spiro atoms. The number of nitriles is 1. The lowest BCUT2D eigenvalue weighted by atomic mass is 9.63. The van der Waals surface area contributed by atoms with Crippen LogP contribution in [-0.4, -0.2) is 17.1 Å². The molecule has 2 N–H and O–H groups in total. The molecule has 1 aliphatic rings. The monoisotopic (exact) mass is 356 g/mol. The standard InChI is InChI=1S/C17H16F4N2O2/c1-8-12(7-22)14(16(3,15(24)25)9(2)23-8)11-5-4-10(18)6-13(11)17(19,20)21/h4-6,9,14,23H,1-3H3,(H,24,25). The van der Waals surface area contributed by atoms with Crippen LogP contribution in [-0.2, 0) is 11.0 Å². The van der Waals surface area contributed by atoms with Gasteiger partial charge in [-0.2, -0.15) is 18.4 Å². The summed E-state index contributed by atoms with van der Waals surface area (Å²) in [4.78, 5) is 11.9. The molecule has 134 valence electrons. The second-order valence-corrected chi connectivity index (χ2v) is 6.27.